The minimum absolute atomic E-state index is 0.0891. The third-order valence-corrected chi connectivity index (χ3v) is 2.18. The first kappa shape index (κ1) is 13.7. The quantitative estimate of drug-likeness (QED) is 0.719. The standard InChI is InChI=1S/C12H13FN2O3/c1-3-7(2)14-12(18)15-10-5-4-8(11(16)17)6-9(10)13/h3-7H,1H2,2H3,(H,16,17)(H2,14,15,18). The molecule has 2 amide bonds. The first-order valence-electron chi connectivity index (χ1n) is 5.17. The van der Waals surface area contributed by atoms with Crippen molar-refractivity contribution >= 4 is 17.7 Å². The molecule has 0 aromatic heterocycles. The highest BCUT2D eigenvalue weighted by molar-refractivity contribution is 5.91. The Morgan fingerprint density at radius 3 is 2.67 bits per heavy atom. The number of aromatic carboxylic acids is 1. The van der Waals surface area contributed by atoms with Crippen LogP contribution in [0, 0.1) is 5.82 Å². The van der Waals surface area contributed by atoms with Crippen LogP contribution >= 0.6 is 0 Å². The van der Waals surface area contributed by atoms with E-state index in [2.05, 4.69) is 17.2 Å². The number of carbonyl (C=O) groups excluding carboxylic acids is 1. The number of anilines is 1. The second-order valence-electron chi connectivity index (χ2n) is 3.62. The van der Waals surface area contributed by atoms with E-state index in [-0.39, 0.29) is 17.3 Å². The van der Waals surface area contributed by atoms with E-state index in [1.165, 1.54) is 18.2 Å². The van der Waals surface area contributed by atoms with Crippen LogP contribution < -0.4 is 10.6 Å². The molecule has 1 unspecified atom stereocenters. The van der Waals surface area contributed by atoms with Gasteiger partial charge in [-0.1, -0.05) is 6.08 Å². The lowest BCUT2D eigenvalue weighted by atomic mass is 10.2. The van der Waals surface area contributed by atoms with Gasteiger partial charge in [0.15, 0.2) is 0 Å². The predicted octanol–water partition coefficient (Wildman–Crippen LogP) is 2.22. The number of halogens is 1. The Bertz CT molecular complexity index is 488. The summed E-state index contributed by atoms with van der Waals surface area (Å²) in [6, 6.07) is 2.39. The molecule has 0 radical (unpaired) electrons. The monoisotopic (exact) mass is 252 g/mol. The van der Waals surface area contributed by atoms with Crippen LogP contribution in [0.5, 0.6) is 0 Å². The largest absolute Gasteiger partial charge is 0.478 e. The van der Waals surface area contributed by atoms with Crippen LogP contribution in [0.4, 0.5) is 14.9 Å². The van der Waals surface area contributed by atoms with Gasteiger partial charge in [0.25, 0.3) is 0 Å². The molecule has 0 aliphatic carbocycles. The SMILES string of the molecule is C=CC(C)NC(=O)Nc1ccc(C(=O)O)cc1F. The van der Waals surface area contributed by atoms with Crippen LogP contribution in [0.25, 0.3) is 0 Å². The third-order valence-electron chi connectivity index (χ3n) is 2.18. The van der Waals surface area contributed by atoms with Crippen LogP contribution in [0.2, 0.25) is 0 Å². The van der Waals surface area contributed by atoms with Gasteiger partial charge in [0, 0.05) is 6.04 Å². The highest BCUT2D eigenvalue weighted by Crippen LogP contribution is 2.15. The zero-order chi connectivity index (χ0) is 13.7. The van der Waals surface area contributed by atoms with Gasteiger partial charge in [-0.2, -0.15) is 0 Å². The highest BCUT2D eigenvalue weighted by atomic mass is 19.1. The fourth-order valence-electron chi connectivity index (χ4n) is 1.17. The van der Waals surface area contributed by atoms with Gasteiger partial charge >= 0.3 is 12.0 Å². The smallest absolute Gasteiger partial charge is 0.335 e. The van der Waals surface area contributed by atoms with E-state index >= 15 is 0 Å². The normalized spacial score (nSPS) is 11.4. The van der Waals surface area contributed by atoms with Crippen LogP contribution in [0.15, 0.2) is 30.9 Å². The van der Waals surface area contributed by atoms with Crippen molar-refractivity contribution in [2.45, 2.75) is 13.0 Å². The molecular formula is C12H13FN2O3. The van der Waals surface area contributed by atoms with Crippen molar-refractivity contribution in [2.24, 2.45) is 0 Å². The van der Waals surface area contributed by atoms with E-state index in [0.717, 1.165) is 6.07 Å². The second-order valence-corrected chi connectivity index (χ2v) is 3.62. The molecule has 0 saturated heterocycles. The van der Waals surface area contributed by atoms with Gasteiger partial charge in [0.05, 0.1) is 11.3 Å². The number of carboxylic acid groups (broad SMARTS) is 1. The molecule has 0 spiro atoms. The van der Waals surface area contributed by atoms with Crippen LogP contribution in [-0.2, 0) is 0 Å². The van der Waals surface area contributed by atoms with Gasteiger partial charge in [0.1, 0.15) is 5.82 Å². The minimum Gasteiger partial charge on any atom is -0.478 e. The van der Waals surface area contributed by atoms with Crippen molar-refractivity contribution in [2.75, 3.05) is 5.32 Å². The maximum atomic E-state index is 13.5. The molecule has 0 bridgehead atoms. The van der Waals surface area contributed by atoms with Crippen molar-refractivity contribution in [3.8, 4) is 0 Å². The van der Waals surface area contributed by atoms with Gasteiger partial charge < -0.3 is 15.7 Å². The summed E-state index contributed by atoms with van der Waals surface area (Å²) in [4.78, 5) is 22.0. The van der Waals surface area contributed by atoms with E-state index in [1.807, 2.05) is 0 Å². The van der Waals surface area contributed by atoms with Crippen LogP contribution in [-0.4, -0.2) is 23.1 Å². The van der Waals surface area contributed by atoms with Crippen LogP contribution in [0.3, 0.4) is 0 Å². The summed E-state index contributed by atoms with van der Waals surface area (Å²) in [7, 11) is 0. The maximum absolute atomic E-state index is 13.5. The second kappa shape index (κ2) is 5.81. The van der Waals surface area contributed by atoms with Crippen molar-refractivity contribution in [1.82, 2.24) is 5.32 Å². The molecule has 1 atom stereocenters. The molecule has 1 aromatic rings. The summed E-state index contributed by atoms with van der Waals surface area (Å²) in [5.74, 6) is -2.04. The average molecular weight is 252 g/mol. The lowest BCUT2D eigenvalue weighted by Crippen LogP contribution is -2.35. The molecule has 18 heavy (non-hydrogen) atoms. The molecule has 6 heteroatoms. The van der Waals surface area contributed by atoms with Crippen molar-refractivity contribution in [3.05, 3.63) is 42.2 Å². The highest BCUT2D eigenvalue weighted by Gasteiger charge is 2.11. The number of hydrogen-bond acceptors (Lipinski definition) is 2. The zero-order valence-electron chi connectivity index (χ0n) is 9.74. The number of amides is 2. The van der Waals surface area contributed by atoms with E-state index in [1.54, 1.807) is 6.92 Å². The Morgan fingerprint density at radius 1 is 1.50 bits per heavy atom. The Kier molecular flexibility index (Phi) is 4.42. The van der Waals surface area contributed by atoms with E-state index in [9.17, 15) is 14.0 Å². The predicted molar refractivity (Wildman–Crippen MR) is 65.2 cm³/mol. The molecule has 0 saturated carbocycles. The van der Waals surface area contributed by atoms with E-state index in [0.29, 0.717) is 0 Å². The van der Waals surface area contributed by atoms with E-state index in [4.69, 9.17) is 5.11 Å². The zero-order valence-corrected chi connectivity index (χ0v) is 9.74. The molecule has 0 fully saturated rings. The van der Waals surface area contributed by atoms with Gasteiger partial charge in [-0.15, -0.1) is 6.58 Å². The fourth-order valence-corrected chi connectivity index (χ4v) is 1.17. The van der Waals surface area contributed by atoms with Gasteiger partial charge in [0.2, 0.25) is 0 Å². The summed E-state index contributed by atoms with van der Waals surface area (Å²) in [6.45, 7) is 5.19. The third kappa shape index (κ3) is 3.58. The summed E-state index contributed by atoms with van der Waals surface area (Å²) in [6.07, 6.45) is 1.52. The number of benzene rings is 1. The molecule has 1 rings (SSSR count). The van der Waals surface area contributed by atoms with Gasteiger partial charge in [-0.05, 0) is 25.1 Å². The summed E-state index contributed by atoms with van der Waals surface area (Å²) >= 11 is 0. The molecule has 0 heterocycles. The fraction of sp³-hybridized carbons (Fsp3) is 0.167. The van der Waals surface area contributed by atoms with Gasteiger partial charge in [-0.3, -0.25) is 0 Å². The topological polar surface area (TPSA) is 78.4 Å². The Balaban J connectivity index is 2.76. The van der Waals surface area contributed by atoms with E-state index < -0.39 is 17.8 Å². The minimum atomic E-state index is -1.23. The number of carbonyl (C=O) groups is 2. The van der Waals surface area contributed by atoms with Crippen LogP contribution in [0.1, 0.15) is 17.3 Å². The number of hydrogen-bond donors (Lipinski definition) is 3. The lowest BCUT2D eigenvalue weighted by molar-refractivity contribution is 0.0696. The molecule has 5 nitrogen and oxygen atoms in total. The Labute approximate surface area is 103 Å². The number of rotatable bonds is 4. The maximum Gasteiger partial charge on any atom is 0.335 e. The summed E-state index contributed by atoms with van der Waals surface area (Å²) < 4.78 is 13.5. The lowest BCUT2D eigenvalue weighted by Gasteiger charge is -2.11. The van der Waals surface area contributed by atoms with Crippen molar-refractivity contribution < 1.29 is 19.1 Å². The van der Waals surface area contributed by atoms with Gasteiger partial charge in [-0.25, -0.2) is 14.0 Å². The number of carboxylic acids is 1. The molecule has 0 aliphatic rings. The molecular weight excluding hydrogens is 239 g/mol. The average Bonchev–Trinajstić information content (AvgIpc) is 2.31. The number of nitrogens with one attached hydrogen (secondary N) is 2. The van der Waals surface area contributed by atoms with Crippen molar-refractivity contribution in [3.63, 3.8) is 0 Å². The molecule has 0 aliphatic heterocycles. The molecule has 96 valence electrons. The Hall–Kier alpha value is -2.37. The number of urea groups is 1. The first-order chi connectivity index (χ1) is 8.43. The molecule has 1 aromatic carbocycles. The first-order valence-corrected chi connectivity index (χ1v) is 5.17. The molecule has 3 N–H and O–H groups in total. The summed E-state index contributed by atoms with van der Waals surface area (Å²) in [5.41, 5.74) is -0.272. The van der Waals surface area contributed by atoms with Crippen molar-refractivity contribution in [1.29, 1.82) is 0 Å². The Morgan fingerprint density at radius 2 is 2.17 bits per heavy atom. The summed E-state index contributed by atoms with van der Waals surface area (Å²) in [5, 5.41) is 13.4.